The van der Waals surface area contributed by atoms with Crippen LogP contribution in [-0.2, 0) is 22.9 Å². The van der Waals surface area contributed by atoms with Crippen LogP contribution in [0.3, 0.4) is 0 Å². The monoisotopic (exact) mass is 336 g/mol. The maximum absolute atomic E-state index is 12.8. The number of nitrogens with zero attached hydrogens (tertiary/aromatic N) is 2. The summed E-state index contributed by atoms with van der Waals surface area (Å²) in [5.74, 6) is 0. The smallest absolute Gasteiger partial charge is 0.229 e. The molecule has 6 heteroatoms. The van der Waals surface area contributed by atoms with Crippen molar-refractivity contribution >= 4 is 21.4 Å². The first kappa shape index (κ1) is 15.6. The summed E-state index contributed by atoms with van der Waals surface area (Å²) < 4.78 is 27.3. The maximum Gasteiger partial charge on any atom is 0.270 e. The zero-order chi connectivity index (χ0) is 15.9. The molecular formula is C16H20N2O2S2. The van der Waals surface area contributed by atoms with Gasteiger partial charge >= 0.3 is 0 Å². The Morgan fingerprint density at radius 1 is 1.23 bits per heavy atom. The van der Waals surface area contributed by atoms with Gasteiger partial charge in [0.2, 0.25) is 4.34 Å². The Morgan fingerprint density at radius 3 is 2.55 bits per heavy atom. The lowest BCUT2D eigenvalue weighted by Crippen LogP contribution is -2.40. The van der Waals surface area contributed by atoms with E-state index >= 15 is 0 Å². The molecule has 4 nitrogen and oxygen atoms in total. The van der Waals surface area contributed by atoms with Crippen molar-refractivity contribution < 1.29 is 8.42 Å². The molecule has 1 aromatic heterocycles. The molecule has 0 bridgehead atoms. The third-order valence-corrected chi connectivity index (χ3v) is 7.78. The van der Waals surface area contributed by atoms with Gasteiger partial charge in [-0.2, -0.15) is 4.31 Å². The fraction of sp³-hybridized carbons (Fsp3) is 0.438. The average molecular weight is 336 g/mol. The Balaban J connectivity index is 1.86. The van der Waals surface area contributed by atoms with Crippen LogP contribution in [0.5, 0.6) is 0 Å². The van der Waals surface area contributed by atoms with Gasteiger partial charge in [-0.05, 0) is 44.2 Å². The van der Waals surface area contributed by atoms with E-state index in [0.717, 1.165) is 29.8 Å². The molecule has 1 aliphatic carbocycles. The van der Waals surface area contributed by atoms with E-state index in [1.807, 2.05) is 26.0 Å². The summed E-state index contributed by atoms with van der Waals surface area (Å²) >= 11 is 1.26. The molecule has 3 rings (SSSR count). The van der Waals surface area contributed by atoms with Crippen LogP contribution in [0.4, 0.5) is 0 Å². The Hall–Kier alpha value is -1.24. The number of fused-ring (bicyclic) bond motifs is 1. The highest BCUT2D eigenvalue weighted by molar-refractivity contribution is 7.91. The number of aromatic nitrogens is 1. The molecular weight excluding hydrogens is 316 g/mol. The summed E-state index contributed by atoms with van der Waals surface area (Å²) in [5, 5.41) is 0. The minimum absolute atomic E-state index is 0.00409. The molecule has 0 saturated carbocycles. The lowest BCUT2D eigenvalue weighted by Gasteiger charge is -2.31. The van der Waals surface area contributed by atoms with Crippen LogP contribution in [0.15, 0.2) is 28.6 Å². The van der Waals surface area contributed by atoms with Gasteiger partial charge in [0, 0.05) is 18.0 Å². The van der Waals surface area contributed by atoms with Gasteiger partial charge in [-0.25, -0.2) is 13.4 Å². The Morgan fingerprint density at radius 2 is 1.91 bits per heavy atom. The fourth-order valence-corrected chi connectivity index (χ4v) is 5.72. The second-order valence-corrected chi connectivity index (χ2v) is 9.18. The zero-order valence-corrected chi connectivity index (χ0v) is 14.7. The molecule has 0 saturated heterocycles. The van der Waals surface area contributed by atoms with Crippen molar-refractivity contribution in [3.8, 4) is 0 Å². The second-order valence-electron chi connectivity index (χ2n) is 5.81. The number of thiazole rings is 1. The van der Waals surface area contributed by atoms with Crippen LogP contribution in [0.2, 0.25) is 0 Å². The number of rotatable bonds is 3. The van der Waals surface area contributed by atoms with Crippen LogP contribution in [-0.4, -0.2) is 30.8 Å². The molecule has 1 aromatic carbocycles. The number of hydrogen-bond acceptors (Lipinski definition) is 4. The van der Waals surface area contributed by atoms with E-state index in [4.69, 9.17) is 0 Å². The van der Waals surface area contributed by atoms with Crippen LogP contribution in [0, 0.1) is 13.8 Å². The highest BCUT2D eigenvalue weighted by Crippen LogP contribution is 2.29. The molecule has 1 aliphatic rings. The third kappa shape index (κ3) is 2.71. The topological polar surface area (TPSA) is 50.3 Å². The van der Waals surface area contributed by atoms with E-state index in [-0.39, 0.29) is 10.4 Å². The highest BCUT2D eigenvalue weighted by atomic mass is 32.2. The van der Waals surface area contributed by atoms with Crippen LogP contribution in [0.1, 0.15) is 28.1 Å². The molecule has 0 fully saturated rings. The number of likely N-dealkylation sites (N-methyl/N-ethyl adjacent to an activating group) is 1. The maximum atomic E-state index is 12.8. The molecule has 1 unspecified atom stereocenters. The number of aryl methyl sites for hydroxylation is 3. The fourth-order valence-electron chi connectivity index (χ4n) is 2.86. The lowest BCUT2D eigenvalue weighted by molar-refractivity contribution is 0.336. The van der Waals surface area contributed by atoms with Crippen molar-refractivity contribution in [3.05, 3.63) is 46.0 Å². The minimum atomic E-state index is -3.50. The standard InChI is InChI=1S/C16H20N2O2S2/c1-11-12(2)21-16(17-11)22(19,20)18(3)15-9-8-13-6-4-5-7-14(13)10-15/h4-7,15H,8-10H2,1-3H3. The van der Waals surface area contributed by atoms with E-state index < -0.39 is 10.0 Å². The third-order valence-electron chi connectivity index (χ3n) is 4.44. The summed E-state index contributed by atoms with van der Waals surface area (Å²) in [4.78, 5) is 5.19. The number of benzene rings is 1. The van der Waals surface area contributed by atoms with Gasteiger partial charge in [0.1, 0.15) is 0 Å². The van der Waals surface area contributed by atoms with Gasteiger partial charge in [0.25, 0.3) is 10.0 Å². The SMILES string of the molecule is Cc1nc(S(=O)(=O)N(C)C2CCc3ccccc3C2)sc1C. The van der Waals surface area contributed by atoms with Gasteiger partial charge < -0.3 is 0 Å². The molecule has 0 amide bonds. The summed E-state index contributed by atoms with van der Waals surface area (Å²) in [6.07, 6.45) is 2.56. The van der Waals surface area contributed by atoms with Crippen LogP contribution in [0.25, 0.3) is 0 Å². The first-order valence-corrected chi connectivity index (χ1v) is 9.64. The van der Waals surface area contributed by atoms with Crippen LogP contribution < -0.4 is 0 Å². The molecule has 0 spiro atoms. The molecule has 2 aromatic rings. The quantitative estimate of drug-likeness (QED) is 0.866. The second kappa shape index (κ2) is 5.76. The summed E-state index contributed by atoms with van der Waals surface area (Å²) in [5.41, 5.74) is 3.39. The van der Waals surface area contributed by atoms with Gasteiger partial charge in [-0.1, -0.05) is 24.3 Å². The first-order valence-electron chi connectivity index (χ1n) is 7.38. The summed E-state index contributed by atoms with van der Waals surface area (Å²) in [6.45, 7) is 3.75. The lowest BCUT2D eigenvalue weighted by atomic mass is 9.88. The van der Waals surface area contributed by atoms with Crippen molar-refractivity contribution in [1.82, 2.24) is 9.29 Å². The molecule has 0 aliphatic heterocycles. The van der Waals surface area contributed by atoms with E-state index in [2.05, 4.69) is 17.1 Å². The number of hydrogen-bond donors (Lipinski definition) is 0. The predicted octanol–water partition coefficient (Wildman–Crippen LogP) is 2.94. The van der Waals surface area contributed by atoms with Crippen molar-refractivity contribution in [1.29, 1.82) is 0 Å². The zero-order valence-electron chi connectivity index (χ0n) is 13.0. The molecule has 1 heterocycles. The molecule has 118 valence electrons. The molecule has 1 atom stereocenters. The minimum Gasteiger partial charge on any atom is -0.229 e. The Kier molecular flexibility index (Phi) is 4.09. The van der Waals surface area contributed by atoms with E-state index in [1.54, 1.807) is 7.05 Å². The largest absolute Gasteiger partial charge is 0.270 e. The van der Waals surface area contributed by atoms with E-state index in [0.29, 0.717) is 0 Å². The Bertz CT molecular complexity index is 777. The van der Waals surface area contributed by atoms with Crippen molar-refractivity contribution in [2.24, 2.45) is 0 Å². The average Bonchev–Trinajstić information content (AvgIpc) is 2.86. The normalized spacial score (nSPS) is 18.5. The van der Waals surface area contributed by atoms with E-state index in [1.165, 1.54) is 26.8 Å². The van der Waals surface area contributed by atoms with Crippen molar-refractivity contribution in [2.45, 2.75) is 43.5 Å². The van der Waals surface area contributed by atoms with Crippen LogP contribution >= 0.6 is 11.3 Å². The van der Waals surface area contributed by atoms with Gasteiger partial charge in [-0.3, -0.25) is 0 Å². The van der Waals surface area contributed by atoms with Crippen molar-refractivity contribution in [3.63, 3.8) is 0 Å². The summed E-state index contributed by atoms with van der Waals surface area (Å²) in [7, 11) is -1.82. The van der Waals surface area contributed by atoms with Gasteiger partial charge in [0.15, 0.2) is 0 Å². The highest BCUT2D eigenvalue weighted by Gasteiger charge is 2.32. The molecule has 22 heavy (non-hydrogen) atoms. The van der Waals surface area contributed by atoms with Gasteiger partial charge in [-0.15, -0.1) is 11.3 Å². The first-order chi connectivity index (χ1) is 10.4. The summed E-state index contributed by atoms with van der Waals surface area (Å²) in [6, 6.07) is 8.29. The Labute approximate surface area is 135 Å². The predicted molar refractivity (Wildman–Crippen MR) is 88.8 cm³/mol. The van der Waals surface area contributed by atoms with Crippen molar-refractivity contribution in [2.75, 3.05) is 7.05 Å². The van der Waals surface area contributed by atoms with E-state index in [9.17, 15) is 8.42 Å². The molecule has 0 radical (unpaired) electrons. The number of sulfonamides is 1. The molecule has 0 N–H and O–H groups in total. The van der Waals surface area contributed by atoms with Gasteiger partial charge in [0.05, 0.1) is 5.69 Å².